The van der Waals surface area contributed by atoms with Gasteiger partial charge in [0.1, 0.15) is 11.5 Å². The standard InChI is InChI=1S/C29H37O2P/c1-20-19-23(30-8)26(21-15-11-10-12-16-21)27(31-9)25(20)22-17-13-14-18-24(22)32(28(2,3)4)29(5,6)7/h10-19H,1-9H3. The lowest BCUT2D eigenvalue weighted by Crippen LogP contribution is -2.32. The first-order chi connectivity index (χ1) is 15.0. The van der Waals surface area contributed by atoms with Gasteiger partial charge in [0.05, 0.1) is 19.8 Å². The molecule has 170 valence electrons. The normalized spacial score (nSPS) is 12.2. The van der Waals surface area contributed by atoms with E-state index in [2.05, 4.69) is 103 Å². The van der Waals surface area contributed by atoms with Crippen LogP contribution in [0.1, 0.15) is 47.1 Å². The topological polar surface area (TPSA) is 18.5 Å². The molecule has 0 aliphatic carbocycles. The monoisotopic (exact) mass is 448 g/mol. The van der Waals surface area contributed by atoms with Crippen LogP contribution in [0.4, 0.5) is 0 Å². The van der Waals surface area contributed by atoms with Crippen molar-refractivity contribution >= 4 is 13.2 Å². The molecule has 0 aliphatic heterocycles. The predicted molar refractivity (Wildman–Crippen MR) is 141 cm³/mol. The molecule has 0 fully saturated rings. The Labute approximate surface area is 195 Å². The third-order valence-electron chi connectivity index (χ3n) is 5.68. The Kier molecular flexibility index (Phi) is 7.06. The Morgan fingerprint density at radius 2 is 1.25 bits per heavy atom. The zero-order valence-electron chi connectivity index (χ0n) is 21.0. The predicted octanol–water partition coefficient (Wildman–Crippen LogP) is 8.05. The molecule has 0 heterocycles. The van der Waals surface area contributed by atoms with E-state index in [1.165, 1.54) is 10.9 Å². The van der Waals surface area contributed by atoms with Crippen LogP contribution in [0.15, 0.2) is 60.7 Å². The van der Waals surface area contributed by atoms with Crippen molar-refractivity contribution < 1.29 is 9.47 Å². The van der Waals surface area contributed by atoms with Crippen molar-refractivity contribution in [3.8, 4) is 33.8 Å². The molecule has 3 aromatic rings. The molecular weight excluding hydrogens is 411 g/mol. The maximum Gasteiger partial charge on any atom is 0.138 e. The molecule has 2 nitrogen and oxygen atoms in total. The minimum atomic E-state index is -0.474. The number of ether oxygens (including phenoxy) is 2. The fourth-order valence-electron chi connectivity index (χ4n) is 4.94. The van der Waals surface area contributed by atoms with Crippen molar-refractivity contribution in [2.75, 3.05) is 14.2 Å². The van der Waals surface area contributed by atoms with E-state index < -0.39 is 7.92 Å². The molecule has 0 saturated carbocycles. The van der Waals surface area contributed by atoms with Crippen molar-refractivity contribution in [3.63, 3.8) is 0 Å². The maximum atomic E-state index is 6.14. The van der Waals surface area contributed by atoms with E-state index in [9.17, 15) is 0 Å². The number of hydrogen-bond donors (Lipinski definition) is 0. The molecular formula is C29H37O2P. The molecule has 0 spiro atoms. The van der Waals surface area contributed by atoms with Crippen molar-refractivity contribution in [1.29, 1.82) is 0 Å². The van der Waals surface area contributed by atoms with Crippen LogP contribution >= 0.6 is 7.92 Å². The van der Waals surface area contributed by atoms with E-state index in [1.807, 2.05) is 6.07 Å². The molecule has 0 amide bonds. The fourth-order valence-corrected chi connectivity index (χ4v) is 9.06. The van der Waals surface area contributed by atoms with Gasteiger partial charge in [-0.1, -0.05) is 104 Å². The van der Waals surface area contributed by atoms with Gasteiger partial charge in [0, 0.05) is 5.56 Å². The van der Waals surface area contributed by atoms with Crippen molar-refractivity contribution in [2.45, 2.75) is 58.8 Å². The van der Waals surface area contributed by atoms with E-state index in [0.29, 0.717) is 0 Å². The van der Waals surface area contributed by atoms with Gasteiger partial charge in [-0.05, 0) is 45.3 Å². The van der Waals surface area contributed by atoms with Gasteiger partial charge < -0.3 is 9.47 Å². The van der Waals surface area contributed by atoms with Crippen molar-refractivity contribution in [2.24, 2.45) is 0 Å². The molecule has 0 bridgehead atoms. The number of hydrogen-bond acceptors (Lipinski definition) is 2. The lowest BCUT2D eigenvalue weighted by atomic mass is 9.92. The van der Waals surface area contributed by atoms with Gasteiger partial charge in [0.2, 0.25) is 0 Å². The summed E-state index contributed by atoms with van der Waals surface area (Å²) < 4.78 is 12.0. The molecule has 0 saturated heterocycles. The van der Waals surface area contributed by atoms with Gasteiger partial charge >= 0.3 is 0 Å². The lowest BCUT2D eigenvalue weighted by Gasteiger charge is -2.43. The number of benzene rings is 3. The quantitative estimate of drug-likeness (QED) is 0.368. The molecule has 3 rings (SSSR count). The average Bonchev–Trinajstić information content (AvgIpc) is 2.72. The van der Waals surface area contributed by atoms with Crippen LogP contribution in [0.5, 0.6) is 11.5 Å². The molecule has 0 radical (unpaired) electrons. The minimum absolute atomic E-state index is 0.166. The van der Waals surface area contributed by atoms with Gasteiger partial charge in [0.15, 0.2) is 0 Å². The van der Waals surface area contributed by atoms with E-state index in [0.717, 1.165) is 33.8 Å². The Morgan fingerprint density at radius 3 is 1.78 bits per heavy atom. The van der Waals surface area contributed by atoms with Crippen LogP contribution < -0.4 is 14.8 Å². The summed E-state index contributed by atoms with van der Waals surface area (Å²) in [5.41, 5.74) is 5.67. The third kappa shape index (κ3) is 4.71. The molecule has 0 unspecified atom stereocenters. The van der Waals surface area contributed by atoms with E-state index >= 15 is 0 Å². The minimum Gasteiger partial charge on any atom is -0.496 e. The highest BCUT2D eigenvalue weighted by atomic mass is 31.1. The summed E-state index contributed by atoms with van der Waals surface area (Å²) in [6.07, 6.45) is 0. The molecule has 0 aromatic heterocycles. The first kappa shape index (κ1) is 24.3. The smallest absolute Gasteiger partial charge is 0.138 e. The molecule has 0 aliphatic rings. The zero-order valence-corrected chi connectivity index (χ0v) is 21.9. The molecule has 0 N–H and O–H groups in total. The van der Waals surface area contributed by atoms with E-state index in [-0.39, 0.29) is 10.3 Å². The first-order valence-electron chi connectivity index (χ1n) is 11.2. The van der Waals surface area contributed by atoms with Crippen LogP contribution in [0.3, 0.4) is 0 Å². The molecule has 3 aromatic carbocycles. The average molecular weight is 449 g/mol. The van der Waals surface area contributed by atoms with Crippen molar-refractivity contribution in [3.05, 3.63) is 66.2 Å². The second-order valence-electron chi connectivity index (χ2n) is 10.2. The van der Waals surface area contributed by atoms with Crippen LogP contribution in [0.2, 0.25) is 0 Å². The Bertz CT molecular complexity index is 1060. The van der Waals surface area contributed by atoms with Gasteiger partial charge in [0.25, 0.3) is 0 Å². The highest BCUT2D eigenvalue weighted by Gasteiger charge is 2.37. The van der Waals surface area contributed by atoms with Gasteiger partial charge in [-0.3, -0.25) is 0 Å². The number of rotatable bonds is 5. The zero-order chi connectivity index (χ0) is 23.7. The lowest BCUT2D eigenvalue weighted by molar-refractivity contribution is 0.398. The number of methoxy groups -OCH3 is 2. The largest absolute Gasteiger partial charge is 0.496 e. The van der Waals surface area contributed by atoms with Crippen LogP contribution in [-0.2, 0) is 0 Å². The highest BCUT2D eigenvalue weighted by Crippen LogP contribution is 2.60. The number of aryl methyl sites for hydroxylation is 1. The SMILES string of the molecule is COc1cc(C)c(-c2ccccc2P(C(C)(C)C)C(C)(C)C)c(OC)c1-c1ccccc1. The van der Waals surface area contributed by atoms with E-state index in [1.54, 1.807) is 14.2 Å². The first-order valence-corrected chi connectivity index (χ1v) is 12.6. The summed E-state index contributed by atoms with van der Waals surface area (Å²) in [6.45, 7) is 16.4. The van der Waals surface area contributed by atoms with Crippen molar-refractivity contribution in [1.82, 2.24) is 0 Å². The third-order valence-corrected chi connectivity index (χ3v) is 9.24. The fraction of sp³-hybridized carbons (Fsp3) is 0.379. The Morgan fingerprint density at radius 1 is 0.688 bits per heavy atom. The van der Waals surface area contributed by atoms with Crippen LogP contribution in [0, 0.1) is 6.92 Å². The van der Waals surface area contributed by atoms with Crippen LogP contribution in [0.25, 0.3) is 22.3 Å². The van der Waals surface area contributed by atoms with Gasteiger partial charge in [-0.2, -0.15) is 0 Å². The molecule has 3 heteroatoms. The maximum absolute atomic E-state index is 6.14. The summed E-state index contributed by atoms with van der Waals surface area (Å²) >= 11 is 0. The second-order valence-corrected chi connectivity index (χ2v) is 14.1. The molecule has 0 atom stereocenters. The van der Waals surface area contributed by atoms with Gasteiger partial charge in [-0.15, -0.1) is 0 Å². The summed E-state index contributed by atoms with van der Waals surface area (Å²) in [5.74, 6) is 1.71. The summed E-state index contributed by atoms with van der Waals surface area (Å²) in [4.78, 5) is 0. The van der Waals surface area contributed by atoms with Gasteiger partial charge in [-0.25, -0.2) is 0 Å². The van der Waals surface area contributed by atoms with E-state index in [4.69, 9.17) is 9.47 Å². The van der Waals surface area contributed by atoms with Crippen LogP contribution in [-0.4, -0.2) is 24.5 Å². The highest BCUT2D eigenvalue weighted by molar-refractivity contribution is 7.68. The Hall–Kier alpha value is -2.31. The Balaban J connectivity index is 2.40. The summed E-state index contributed by atoms with van der Waals surface area (Å²) in [5, 5.41) is 1.76. The summed E-state index contributed by atoms with van der Waals surface area (Å²) in [6, 6.07) is 21.4. The second kappa shape index (κ2) is 9.28. The summed E-state index contributed by atoms with van der Waals surface area (Å²) in [7, 11) is 3.02. The molecule has 32 heavy (non-hydrogen) atoms.